The monoisotopic (exact) mass is 253 g/mol. The number of ether oxygens (including phenoxy) is 1. The van der Waals surface area contributed by atoms with Gasteiger partial charge in [-0.05, 0) is 18.2 Å². The molecule has 0 aliphatic carbocycles. The van der Waals surface area contributed by atoms with Crippen molar-refractivity contribution in [2.24, 2.45) is 5.73 Å². The van der Waals surface area contributed by atoms with Crippen molar-refractivity contribution in [3.63, 3.8) is 0 Å². The van der Waals surface area contributed by atoms with E-state index in [0.29, 0.717) is 5.56 Å². The maximum absolute atomic E-state index is 13.6. The van der Waals surface area contributed by atoms with Crippen LogP contribution in [-0.4, -0.2) is 0 Å². The number of halogens is 3. The zero-order chi connectivity index (χ0) is 13.1. The summed E-state index contributed by atoms with van der Waals surface area (Å²) >= 11 is 0. The molecule has 0 radical (unpaired) electrons. The van der Waals surface area contributed by atoms with Crippen molar-refractivity contribution in [3.8, 4) is 11.5 Å². The number of benzene rings is 2. The highest BCUT2D eigenvalue weighted by atomic mass is 19.2. The topological polar surface area (TPSA) is 35.2 Å². The van der Waals surface area contributed by atoms with E-state index in [1.165, 1.54) is 18.2 Å². The van der Waals surface area contributed by atoms with Crippen LogP contribution in [0.25, 0.3) is 0 Å². The average Bonchev–Trinajstić information content (AvgIpc) is 2.36. The molecule has 0 aliphatic rings. The van der Waals surface area contributed by atoms with Gasteiger partial charge in [-0.2, -0.15) is 0 Å². The van der Waals surface area contributed by atoms with Gasteiger partial charge in [0.15, 0.2) is 23.2 Å². The van der Waals surface area contributed by atoms with E-state index >= 15 is 0 Å². The highest BCUT2D eigenvalue weighted by Crippen LogP contribution is 2.28. The molecule has 18 heavy (non-hydrogen) atoms. The van der Waals surface area contributed by atoms with Crippen LogP contribution in [0.5, 0.6) is 11.5 Å². The highest BCUT2D eigenvalue weighted by molar-refractivity contribution is 5.39. The number of hydrogen-bond acceptors (Lipinski definition) is 2. The van der Waals surface area contributed by atoms with E-state index in [1.54, 1.807) is 6.07 Å². The van der Waals surface area contributed by atoms with E-state index in [0.717, 1.165) is 12.1 Å². The second-order valence-electron chi connectivity index (χ2n) is 3.61. The minimum atomic E-state index is -1.06. The van der Waals surface area contributed by atoms with Crippen molar-refractivity contribution in [1.82, 2.24) is 0 Å². The van der Waals surface area contributed by atoms with E-state index in [1.807, 2.05) is 0 Å². The van der Waals surface area contributed by atoms with Gasteiger partial charge in [-0.25, -0.2) is 13.2 Å². The third kappa shape index (κ3) is 2.46. The van der Waals surface area contributed by atoms with Gasteiger partial charge < -0.3 is 10.5 Å². The van der Waals surface area contributed by atoms with E-state index < -0.39 is 17.5 Å². The van der Waals surface area contributed by atoms with Gasteiger partial charge in [-0.15, -0.1) is 0 Å². The number of para-hydroxylation sites is 1. The van der Waals surface area contributed by atoms with E-state index in [2.05, 4.69) is 0 Å². The summed E-state index contributed by atoms with van der Waals surface area (Å²) in [5.41, 5.74) is 5.89. The quantitative estimate of drug-likeness (QED) is 0.910. The van der Waals surface area contributed by atoms with Crippen molar-refractivity contribution in [3.05, 3.63) is 59.4 Å². The Labute approximate surface area is 102 Å². The van der Waals surface area contributed by atoms with E-state index in [9.17, 15) is 13.2 Å². The molecule has 0 saturated carbocycles. The SMILES string of the molecule is NCc1cccc(F)c1Oc1ccc(F)c(F)c1. The van der Waals surface area contributed by atoms with Crippen LogP contribution in [0.2, 0.25) is 0 Å². The lowest BCUT2D eigenvalue weighted by atomic mass is 10.2. The molecule has 0 spiro atoms. The van der Waals surface area contributed by atoms with Crippen LogP contribution in [0.1, 0.15) is 5.56 Å². The van der Waals surface area contributed by atoms with E-state index in [-0.39, 0.29) is 18.0 Å². The molecule has 2 N–H and O–H groups in total. The molecule has 0 unspecified atom stereocenters. The van der Waals surface area contributed by atoms with Gasteiger partial charge in [0.1, 0.15) is 5.75 Å². The second kappa shape index (κ2) is 5.10. The van der Waals surface area contributed by atoms with Crippen molar-refractivity contribution in [1.29, 1.82) is 0 Å². The predicted octanol–water partition coefficient (Wildman–Crippen LogP) is 3.35. The predicted molar refractivity (Wildman–Crippen MR) is 60.7 cm³/mol. The fourth-order valence-corrected chi connectivity index (χ4v) is 1.49. The lowest BCUT2D eigenvalue weighted by Gasteiger charge is -2.11. The summed E-state index contributed by atoms with van der Waals surface area (Å²) in [6.07, 6.45) is 0. The number of hydrogen-bond donors (Lipinski definition) is 1. The molecule has 0 bridgehead atoms. The molecular formula is C13H10F3NO. The molecule has 0 atom stereocenters. The molecule has 2 rings (SSSR count). The van der Waals surface area contributed by atoms with Gasteiger partial charge in [0.25, 0.3) is 0 Å². The maximum atomic E-state index is 13.6. The highest BCUT2D eigenvalue weighted by Gasteiger charge is 2.11. The Morgan fingerprint density at radius 3 is 2.39 bits per heavy atom. The molecule has 0 amide bonds. The van der Waals surface area contributed by atoms with Gasteiger partial charge in [-0.3, -0.25) is 0 Å². The van der Waals surface area contributed by atoms with Crippen LogP contribution in [0, 0.1) is 17.5 Å². The summed E-state index contributed by atoms with van der Waals surface area (Å²) in [7, 11) is 0. The summed E-state index contributed by atoms with van der Waals surface area (Å²) in [6, 6.07) is 7.27. The molecule has 0 fully saturated rings. The first-order chi connectivity index (χ1) is 8.61. The van der Waals surface area contributed by atoms with Crippen LogP contribution in [0.15, 0.2) is 36.4 Å². The molecule has 0 aliphatic heterocycles. The molecule has 2 aromatic carbocycles. The number of rotatable bonds is 3. The summed E-state index contributed by atoms with van der Waals surface area (Å²) in [5.74, 6) is -2.73. The van der Waals surface area contributed by atoms with Crippen molar-refractivity contribution in [2.45, 2.75) is 6.54 Å². The lowest BCUT2D eigenvalue weighted by molar-refractivity contribution is 0.427. The van der Waals surface area contributed by atoms with Gasteiger partial charge >= 0.3 is 0 Å². The minimum Gasteiger partial charge on any atom is -0.454 e. The zero-order valence-electron chi connectivity index (χ0n) is 9.29. The zero-order valence-corrected chi connectivity index (χ0v) is 9.29. The standard InChI is InChI=1S/C13H10F3NO/c14-10-5-4-9(6-12(10)16)18-13-8(7-17)2-1-3-11(13)15/h1-6H,7,17H2. The van der Waals surface area contributed by atoms with Crippen molar-refractivity contribution < 1.29 is 17.9 Å². The van der Waals surface area contributed by atoms with Crippen LogP contribution in [0.3, 0.4) is 0 Å². The minimum absolute atomic E-state index is 0.00806. The normalized spacial score (nSPS) is 10.4. The first kappa shape index (κ1) is 12.4. The second-order valence-corrected chi connectivity index (χ2v) is 3.61. The average molecular weight is 253 g/mol. The summed E-state index contributed by atoms with van der Waals surface area (Å²) < 4.78 is 44.5. The van der Waals surface area contributed by atoms with E-state index in [4.69, 9.17) is 10.5 Å². The maximum Gasteiger partial charge on any atom is 0.167 e. The molecule has 0 saturated heterocycles. The van der Waals surface area contributed by atoms with Crippen LogP contribution in [-0.2, 0) is 6.54 Å². The fraction of sp³-hybridized carbons (Fsp3) is 0.0769. The largest absolute Gasteiger partial charge is 0.454 e. The van der Waals surface area contributed by atoms with Crippen LogP contribution >= 0.6 is 0 Å². The Bertz CT molecular complexity index is 572. The third-order valence-electron chi connectivity index (χ3n) is 2.38. The summed E-state index contributed by atoms with van der Waals surface area (Å²) in [6.45, 7) is 0.0801. The van der Waals surface area contributed by atoms with Gasteiger partial charge in [0, 0.05) is 18.2 Å². The molecular weight excluding hydrogens is 243 g/mol. The Hall–Kier alpha value is -2.01. The Morgan fingerprint density at radius 2 is 1.72 bits per heavy atom. The molecule has 5 heteroatoms. The molecule has 0 aromatic heterocycles. The van der Waals surface area contributed by atoms with Crippen molar-refractivity contribution in [2.75, 3.05) is 0 Å². The first-order valence-corrected chi connectivity index (χ1v) is 5.22. The summed E-state index contributed by atoms with van der Waals surface area (Å²) in [5, 5.41) is 0. The third-order valence-corrected chi connectivity index (χ3v) is 2.38. The van der Waals surface area contributed by atoms with Gasteiger partial charge in [0.05, 0.1) is 0 Å². The molecule has 2 nitrogen and oxygen atoms in total. The van der Waals surface area contributed by atoms with Gasteiger partial charge in [0.2, 0.25) is 0 Å². The summed E-state index contributed by atoms with van der Waals surface area (Å²) in [4.78, 5) is 0. The molecule has 94 valence electrons. The Morgan fingerprint density at radius 1 is 0.944 bits per heavy atom. The number of nitrogens with two attached hydrogens (primary N) is 1. The van der Waals surface area contributed by atoms with Crippen LogP contribution in [0.4, 0.5) is 13.2 Å². The van der Waals surface area contributed by atoms with Gasteiger partial charge in [-0.1, -0.05) is 12.1 Å². The molecule has 0 heterocycles. The van der Waals surface area contributed by atoms with Crippen LogP contribution < -0.4 is 10.5 Å². The smallest absolute Gasteiger partial charge is 0.167 e. The lowest BCUT2D eigenvalue weighted by Crippen LogP contribution is -2.01. The fourth-order valence-electron chi connectivity index (χ4n) is 1.49. The Balaban J connectivity index is 2.36. The van der Waals surface area contributed by atoms with Crippen molar-refractivity contribution >= 4 is 0 Å². The first-order valence-electron chi connectivity index (χ1n) is 5.22. The molecule has 2 aromatic rings. The Kier molecular flexibility index (Phi) is 3.53.